The quantitative estimate of drug-likeness (QED) is 0.358. The lowest BCUT2D eigenvalue weighted by Gasteiger charge is -2.35. The Hall–Kier alpha value is -3.72. The third kappa shape index (κ3) is 4.46. The molecule has 4 aromatic rings. The average molecular weight is 487 g/mol. The highest BCUT2D eigenvalue weighted by atomic mass is 16.7. The van der Waals surface area contributed by atoms with Gasteiger partial charge in [0.25, 0.3) is 5.95 Å². The normalized spacial score (nSPS) is 14.0. The maximum Gasteiger partial charge on any atom is 0.254 e. The summed E-state index contributed by atoms with van der Waals surface area (Å²) in [7, 11) is 0. The summed E-state index contributed by atoms with van der Waals surface area (Å²) in [5, 5.41) is 3.87. The molecule has 0 amide bonds. The minimum atomic E-state index is 0.437. The largest absolute Gasteiger partial charge is 0.356 e. The van der Waals surface area contributed by atoms with E-state index in [0.717, 1.165) is 59.6 Å². The van der Waals surface area contributed by atoms with Crippen LogP contribution in [-0.4, -0.2) is 65.9 Å². The van der Waals surface area contributed by atoms with Gasteiger partial charge in [0.05, 0.1) is 17.6 Å². The minimum absolute atomic E-state index is 0.437. The molecule has 0 N–H and O–H groups in total. The fourth-order valence-electron chi connectivity index (χ4n) is 4.69. The molecule has 0 bridgehead atoms. The van der Waals surface area contributed by atoms with Crippen LogP contribution in [0.1, 0.15) is 27.7 Å². The molecule has 0 unspecified atom stereocenters. The molecule has 5 rings (SSSR count). The highest BCUT2D eigenvalue weighted by molar-refractivity contribution is 5.91. The Bertz CT molecular complexity index is 1240. The van der Waals surface area contributed by atoms with Crippen LogP contribution in [0.2, 0.25) is 0 Å². The monoisotopic (exact) mass is 486 g/mol. The Kier molecular flexibility index (Phi) is 6.99. The van der Waals surface area contributed by atoms with E-state index in [0.29, 0.717) is 31.7 Å². The molecular formula is C27H34N8O. The highest BCUT2D eigenvalue weighted by Gasteiger charge is 2.26. The lowest BCUT2D eigenvalue weighted by atomic mass is 10.2. The molecular weight excluding hydrogens is 452 g/mol. The zero-order valence-electron chi connectivity index (χ0n) is 21.6. The van der Waals surface area contributed by atoms with Crippen molar-refractivity contribution in [1.29, 1.82) is 0 Å². The summed E-state index contributed by atoms with van der Waals surface area (Å²) in [6.45, 7) is 13.7. The number of hydrogen-bond donors (Lipinski definition) is 0. The van der Waals surface area contributed by atoms with E-state index in [2.05, 4.69) is 60.6 Å². The molecule has 2 aromatic heterocycles. The van der Waals surface area contributed by atoms with Gasteiger partial charge in [0.15, 0.2) is 0 Å². The SMILES string of the molecule is CCN(CC)c1nc(N2CCON(c3nc(N(CC)CC)c4ccccc4n3)C2)nc2ccccc12. The van der Waals surface area contributed by atoms with E-state index in [1.807, 2.05) is 30.3 Å². The van der Waals surface area contributed by atoms with Gasteiger partial charge in [-0.15, -0.1) is 0 Å². The van der Waals surface area contributed by atoms with Crippen LogP contribution in [-0.2, 0) is 4.84 Å². The number of rotatable bonds is 8. The first-order valence-corrected chi connectivity index (χ1v) is 12.9. The summed E-state index contributed by atoms with van der Waals surface area (Å²) >= 11 is 0. The van der Waals surface area contributed by atoms with Crippen LogP contribution < -0.4 is 19.8 Å². The fraction of sp³-hybridized carbons (Fsp3) is 0.407. The van der Waals surface area contributed by atoms with Crippen LogP contribution in [0, 0.1) is 0 Å². The standard InChI is InChI=1S/C27H34N8O/c1-5-32(6-2)24-20-13-9-11-15-22(20)28-26(30-24)34-17-18-36-35(19-34)27-29-23-16-12-10-14-21(23)25(31-27)33(7-3)8-4/h9-16H,5-8,17-19H2,1-4H3. The Labute approximate surface area is 212 Å². The summed E-state index contributed by atoms with van der Waals surface area (Å²) in [6.07, 6.45) is 0. The van der Waals surface area contributed by atoms with E-state index >= 15 is 0 Å². The molecule has 188 valence electrons. The molecule has 1 fully saturated rings. The number of anilines is 4. The first-order valence-electron chi connectivity index (χ1n) is 12.9. The fourth-order valence-corrected chi connectivity index (χ4v) is 4.69. The van der Waals surface area contributed by atoms with Crippen molar-refractivity contribution >= 4 is 45.3 Å². The lowest BCUT2D eigenvalue weighted by Crippen LogP contribution is -2.47. The van der Waals surface area contributed by atoms with Gasteiger partial charge in [-0.3, -0.25) is 4.84 Å². The van der Waals surface area contributed by atoms with Crippen molar-refractivity contribution in [3.8, 4) is 0 Å². The first kappa shape index (κ1) is 24.0. The van der Waals surface area contributed by atoms with Crippen molar-refractivity contribution in [1.82, 2.24) is 19.9 Å². The van der Waals surface area contributed by atoms with Crippen molar-refractivity contribution in [2.75, 3.05) is 65.8 Å². The molecule has 0 aliphatic carbocycles. The average Bonchev–Trinajstić information content (AvgIpc) is 2.94. The topological polar surface area (TPSA) is 73.8 Å². The number of para-hydroxylation sites is 2. The van der Waals surface area contributed by atoms with Crippen molar-refractivity contribution in [2.45, 2.75) is 27.7 Å². The number of fused-ring (bicyclic) bond motifs is 2. The van der Waals surface area contributed by atoms with Gasteiger partial charge in [-0.2, -0.15) is 15.0 Å². The van der Waals surface area contributed by atoms with Gasteiger partial charge in [0.1, 0.15) is 18.3 Å². The molecule has 1 aliphatic heterocycles. The summed E-state index contributed by atoms with van der Waals surface area (Å²) in [5.41, 5.74) is 1.84. The van der Waals surface area contributed by atoms with Crippen LogP contribution in [0.5, 0.6) is 0 Å². The maximum absolute atomic E-state index is 6.06. The number of aromatic nitrogens is 4. The van der Waals surface area contributed by atoms with E-state index in [1.165, 1.54) is 0 Å². The molecule has 36 heavy (non-hydrogen) atoms. The molecule has 2 aromatic carbocycles. The molecule has 9 nitrogen and oxygen atoms in total. The first-order chi connectivity index (χ1) is 17.7. The van der Waals surface area contributed by atoms with E-state index in [-0.39, 0.29) is 0 Å². The lowest BCUT2D eigenvalue weighted by molar-refractivity contribution is 0.0859. The molecule has 0 spiro atoms. The predicted octanol–water partition coefficient (Wildman–Crippen LogP) is 4.48. The van der Waals surface area contributed by atoms with Gasteiger partial charge in [0.2, 0.25) is 5.95 Å². The Morgan fingerprint density at radius 3 is 1.75 bits per heavy atom. The predicted molar refractivity (Wildman–Crippen MR) is 147 cm³/mol. The van der Waals surface area contributed by atoms with Gasteiger partial charge in [-0.25, -0.2) is 9.97 Å². The highest BCUT2D eigenvalue weighted by Crippen LogP contribution is 2.30. The van der Waals surface area contributed by atoms with Crippen LogP contribution >= 0.6 is 0 Å². The molecule has 1 saturated heterocycles. The Morgan fingerprint density at radius 1 is 0.694 bits per heavy atom. The van der Waals surface area contributed by atoms with Crippen LogP contribution in [0.15, 0.2) is 48.5 Å². The molecule has 0 radical (unpaired) electrons. The van der Waals surface area contributed by atoms with E-state index in [9.17, 15) is 0 Å². The maximum atomic E-state index is 6.06. The van der Waals surface area contributed by atoms with Gasteiger partial charge < -0.3 is 14.7 Å². The second-order valence-electron chi connectivity index (χ2n) is 8.69. The summed E-state index contributed by atoms with van der Waals surface area (Å²) in [4.78, 5) is 32.5. The van der Waals surface area contributed by atoms with Gasteiger partial charge in [-0.05, 0) is 52.0 Å². The number of hydroxylamine groups is 1. The zero-order chi connectivity index (χ0) is 25.1. The van der Waals surface area contributed by atoms with Crippen LogP contribution in [0.4, 0.5) is 23.5 Å². The second kappa shape index (κ2) is 10.5. The van der Waals surface area contributed by atoms with E-state index in [4.69, 9.17) is 24.8 Å². The molecule has 3 heterocycles. The van der Waals surface area contributed by atoms with Gasteiger partial charge >= 0.3 is 0 Å². The molecule has 0 atom stereocenters. The summed E-state index contributed by atoms with van der Waals surface area (Å²) in [6, 6.07) is 16.3. The Morgan fingerprint density at radius 2 is 1.19 bits per heavy atom. The number of nitrogens with zero attached hydrogens (tertiary/aromatic N) is 8. The zero-order valence-corrected chi connectivity index (χ0v) is 21.6. The second-order valence-corrected chi connectivity index (χ2v) is 8.69. The van der Waals surface area contributed by atoms with E-state index in [1.54, 1.807) is 5.06 Å². The third-order valence-corrected chi connectivity index (χ3v) is 6.68. The van der Waals surface area contributed by atoms with E-state index < -0.39 is 0 Å². The van der Waals surface area contributed by atoms with Crippen molar-refractivity contribution in [3.63, 3.8) is 0 Å². The van der Waals surface area contributed by atoms with Crippen molar-refractivity contribution < 1.29 is 4.84 Å². The number of benzene rings is 2. The summed E-state index contributed by atoms with van der Waals surface area (Å²) < 4.78 is 0. The minimum Gasteiger partial charge on any atom is -0.356 e. The van der Waals surface area contributed by atoms with Crippen molar-refractivity contribution in [3.05, 3.63) is 48.5 Å². The van der Waals surface area contributed by atoms with Crippen molar-refractivity contribution in [2.24, 2.45) is 0 Å². The third-order valence-electron chi connectivity index (χ3n) is 6.68. The molecule has 0 saturated carbocycles. The molecule has 9 heteroatoms. The smallest absolute Gasteiger partial charge is 0.254 e. The van der Waals surface area contributed by atoms with Crippen LogP contribution in [0.25, 0.3) is 21.8 Å². The van der Waals surface area contributed by atoms with Gasteiger partial charge in [0, 0.05) is 43.5 Å². The summed E-state index contributed by atoms with van der Waals surface area (Å²) in [5.74, 6) is 3.12. The number of hydrogen-bond acceptors (Lipinski definition) is 9. The molecule has 1 aliphatic rings. The Balaban J connectivity index is 1.52. The van der Waals surface area contributed by atoms with Crippen LogP contribution in [0.3, 0.4) is 0 Å². The van der Waals surface area contributed by atoms with Gasteiger partial charge in [-0.1, -0.05) is 24.3 Å².